The van der Waals surface area contributed by atoms with Crippen molar-refractivity contribution in [2.24, 2.45) is 0 Å². The number of hydrogen-bond acceptors (Lipinski definition) is 4. The van der Waals surface area contributed by atoms with Gasteiger partial charge in [0.25, 0.3) is 5.91 Å². The molecule has 27 heavy (non-hydrogen) atoms. The Morgan fingerprint density at radius 3 is 2.26 bits per heavy atom. The molecule has 1 fully saturated rings. The molecule has 1 heterocycles. The molecule has 3 rings (SSSR count). The minimum Gasteiger partial charge on any atom is -0.273 e. The zero-order chi connectivity index (χ0) is 19.8. The van der Waals surface area contributed by atoms with E-state index in [9.17, 15) is 9.59 Å². The standard InChI is InChI=1S/C20H22N2O2.CO2/c1-3-18-17(15-7-5-4-6-8-15)13-19(23)22(18)21-20(24)16-11-9-14(2)10-12-16;2-1-3/h4-12,17-18H,3,13H2,1-2H3,(H,21,24);/t17?,18-;/m0./s1. The number of nitrogens with one attached hydrogen (secondary N) is 1. The predicted molar refractivity (Wildman–Crippen MR) is 98.4 cm³/mol. The first-order valence-corrected chi connectivity index (χ1v) is 8.75. The molecule has 6 nitrogen and oxygen atoms in total. The highest BCUT2D eigenvalue weighted by Crippen LogP contribution is 2.35. The van der Waals surface area contributed by atoms with Gasteiger partial charge in [-0.05, 0) is 31.0 Å². The highest BCUT2D eigenvalue weighted by atomic mass is 16.2. The smallest absolute Gasteiger partial charge is 0.273 e. The summed E-state index contributed by atoms with van der Waals surface area (Å²) >= 11 is 0. The minimum atomic E-state index is -0.240. The van der Waals surface area contributed by atoms with Gasteiger partial charge in [0, 0.05) is 17.9 Å². The molecule has 1 unspecified atom stereocenters. The zero-order valence-electron chi connectivity index (χ0n) is 15.3. The third-order valence-corrected chi connectivity index (χ3v) is 4.64. The number of rotatable bonds is 4. The quantitative estimate of drug-likeness (QED) is 0.902. The van der Waals surface area contributed by atoms with Crippen molar-refractivity contribution < 1.29 is 19.2 Å². The molecular formula is C21H22N2O4. The van der Waals surface area contributed by atoms with Crippen molar-refractivity contribution in [1.82, 2.24) is 10.4 Å². The van der Waals surface area contributed by atoms with E-state index in [0.29, 0.717) is 12.0 Å². The lowest BCUT2D eigenvalue weighted by molar-refractivity contribution is -0.191. The van der Waals surface area contributed by atoms with Crippen LogP contribution in [0.15, 0.2) is 54.6 Å². The van der Waals surface area contributed by atoms with Gasteiger partial charge in [-0.15, -0.1) is 0 Å². The summed E-state index contributed by atoms with van der Waals surface area (Å²) in [5.41, 5.74) is 5.61. The van der Waals surface area contributed by atoms with Crippen molar-refractivity contribution in [3.8, 4) is 0 Å². The molecule has 2 atom stereocenters. The second-order valence-electron chi connectivity index (χ2n) is 6.35. The van der Waals surface area contributed by atoms with Crippen molar-refractivity contribution in [1.29, 1.82) is 0 Å². The van der Waals surface area contributed by atoms with Crippen LogP contribution in [-0.4, -0.2) is 29.0 Å². The molecule has 0 radical (unpaired) electrons. The number of amides is 2. The summed E-state index contributed by atoms with van der Waals surface area (Å²) in [4.78, 5) is 41.2. The summed E-state index contributed by atoms with van der Waals surface area (Å²) in [5.74, 6) is -0.159. The van der Waals surface area contributed by atoms with E-state index in [-0.39, 0.29) is 29.9 Å². The first-order valence-electron chi connectivity index (χ1n) is 8.75. The lowest BCUT2D eigenvalue weighted by Gasteiger charge is -2.27. The molecular weight excluding hydrogens is 344 g/mol. The summed E-state index contributed by atoms with van der Waals surface area (Å²) in [6, 6.07) is 17.4. The first-order chi connectivity index (χ1) is 13.0. The largest absolute Gasteiger partial charge is 0.373 e. The van der Waals surface area contributed by atoms with Gasteiger partial charge in [-0.2, -0.15) is 9.59 Å². The predicted octanol–water partition coefficient (Wildman–Crippen LogP) is 2.85. The number of hydrazine groups is 1. The lowest BCUT2D eigenvalue weighted by Crippen LogP contribution is -2.48. The van der Waals surface area contributed by atoms with Crippen LogP contribution in [0, 0.1) is 6.92 Å². The highest BCUT2D eigenvalue weighted by Gasteiger charge is 2.40. The molecule has 2 amide bonds. The normalized spacial score (nSPS) is 18.3. The summed E-state index contributed by atoms with van der Waals surface area (Å²) in [5, 5.41) is 1.53. The van der Waals surface area contributed by atoms with E-state index in [0.717, 1.165) is 17.5 Å². The average Bonchev–Trinajstić information content (AvgIpc) is 2.99. The third-order valence-electron chi connectivity index (χ3n) is 4.64. The molecule has 0 spiro atoms. The Hall–Kier alpha value is -3.24. The van der Waals surface area contributed by atoms with E-state index in [1.54, 1.807) is 12.1 Å². The number of carbonyl (C=O) groups is 2. The Balaban J connectivity index is 0.000000817. The fourth-order valence-corrected chi connectivity index (χ4v) is 3.32. The number of carbonyl (C=O) groups excluding carboxylic acids is 4. The summed E-state index contributed by atoms with van der Waals surface area (Å²) in [7, 11) is 0. The maximum atomic E-state index is 12.5. The lowest BCUT2D eigenvalue weighted by atomic mass is 9.90. The summed E-state index contributed by atoms with van der Waals surface area (Å²) in [6.07, 6.45) is 1.47. The molecule has 0 bridgehead atoms. The van der Waals surface area contributed by atoms with Crippen LogP contribution in [0.4, 0.5) is 0 Å². The zero-order valence-corrected chi connectivity index (χ0v) is 15.3. The summed E-state index contributed by atoms with van der Waals surface area (Å²) < 4.78 is 0. The molecule has 6 heteroatoms. The Bertz CT molecular complexity index is 812. The van der Waals surface area contributed by atoms with E-state index in [1.165, 1.54) is 5.01 Å². The van der Waals surface area contributed by atoms with Crippen LogP contribution in [0.5, 0.6) is 0 Å². The van der Waals surface area contributed by atoms with Crippen LogP contribution < -0.4 is 5.43 Å². The molecule has 0 aliphatic carbocycles. The summed E-state index contributed by atoms with van der Waals surface area (Å²) in [6.45, 7) is 4.02. The number of aryl methyl sites for hydroxylation is 1. The molecule has 2 aromatic carbocycles. The Kier molecular flexibility index (Phi) is 7.03. The average molecular weight is 366 g/mol. The van der Waals surface area contributed by atoms with Crippen LogP contribution >= 0.6 is 0 Å². The van der Waals surface area contributed by atoms with Gasteiger partial charge in [-0.3, -0.25) is 20.0 Å². The molecule has 140 valence electrons. The van der Waals surface area contributed by atoms with E-state index in [1.807, 2.05) is 56.3 Å². The van der Waals surface area contributed by atoms with E-state index < -0.39 is 0 Å². The molecule has 1 N–H and O–H groups in total. The number of nitrogens with zero attached hydrogens (tertiary/aromatic N) is 1. The molecule has 2 aromatic rings. The van der Waals surface area contributed by atoms with E-state index in [4.69, 9.17) is 9.59 Å². The van der Waals surface area contributed by atoms with Crippen LogP contribution in [0.25, 0.3) is 0 Å². The monoisotopic (exact) mass is 366 g/mol. The van der Waals surface area contributed by atoms with Crippen LogP contribution in [0.3, 0.4) is 0 Å². The van der Waals surface area contributed by atoms with Gasteiger partial charge in [0.1, 0.15) is 0 Å². The minimum absolute atomic E-state index is 0.0192. The second kappa shape index (κ2) is 9.46. The van der Waals surface area contributed by atoms with Crippen LogP contribution in [0.2, 0.25) is 0 Å². The topological polar surface area (TPSA) is 83.6 Å². The fourth-order valence-electron chi connectivity index (χ4n) is 3.32. The molecule has 1 aliphatic rings. The molecule has 1 saturated heterocycles. The van der Waals surface area contributed by atoms with Gasteiger partial charge in [0.05, 0.1) is 6.04 Å². The van der Waals surface area contributed by atoms with Gasteiger partial charge < -0.3 is 0 Å². The second-order valence-corrected chi connectivity index (χ2v) is 6.35. The van der Waals surface area contributed by atoms with Gasteiger partial charge in [0.2, 0.25) is 5.91 Å². The Labute approximate surface area is 158 Å². The third kappa shape index (κ3) is 4.90. The number of benzene rings is 2. The van der Waals surface area contributed by atoms with Crippen LogP contribution in [0.1, 0.15) is 47.2 Å². The molecule has 0 aromatic heterocycles. The van der Waals surface area contributed by atoms with E-state index >= 15 is 0 Å². The first kappa shape index (κ1) is 20.1. The molecule has 1 aliphatic heterocycles. The van der Waals surface area contributed by atoms with Crippen molar-refractivity contribution in [2.45, 2.75) is 38.6 Å². The van der Waals surface area contributed by atoms with E-state index in [2.05, 4.69) is 5.43 Å². The van der Waals surface area contributed by atoms with Crippen molar-refractivity contribution in [2.75, 3.05) is 0 Å². The maximum Gasteiger partial charge on any atom is 0.373 e. The van der Waals surface area contributed by atoms with Gasteiger partial charge >= 0.3 is 6.15 Å². The molecule has 0 saturated carbocycles. The van der Waals surface area contributed by atoms with Crippen LogP contribution in [-0.2, 0) is 14.4 Å². The van der Waals surface area contributed by atoms with Crippen molar-refractivity contribution in [3.63, 3.8) is 0 Å². The fraction of sp³-hybridized carbons (Fsp3) is 0.286. The highest BCUT2D eigenvalue weighted by molar-refractivity contribution is 5.95. The van der Waals surface area contributed by atoms with Crippen molar-refractivity contribution >= 4 is 18.0 Å². The van der Waals surface area contributed by atoms with Crippen molar-refractivity contribution in [3.05, 3.63) is 71.3 Å². The Morgan fingerprint density at radius 1 is 1.11 bits per heavy atom. The Morgan fingerprint density at radius 2 is 1.70 bits per heavy atom. The maximum absolute atomic E-state index is 12.5. The van der Waals surface area contributed by atoms with Gasteiger partial charge in [-0.1, -0.05) is 55.0 Å². The van der Waals surface area contributed by atoms with Gasteiger partial charge in [-0.25, -0.2) is 0 Å². The SMILES string of the molecule is CC[C@H]1C(c2ccccc2)CC(=O)N1NC(=O)c1ccc(C)cc1.O=C=O. The number of hydrogen-bond donors (Lipinski definition) is 1. The van der Waals surface area contributed by atoms with Gasteiger partial charge in [0.15, 0.2) is 0 Å².